The summed E-state index contributed by atoms with van der Waals surface area (Å²) in [6.07, 6.45) is 11.4. The van der Waals surface area contributed by atoms with Gasteiger partial charge in [-0.3, -0.25) is 4.80 Å². The van der Waals surface area contributed by atoms with Gasteiger partial charge in [-0.25, -0.2) is 0 Å². The van der Waals surface area contributed by atoms with Crippen LogP contribution in [0.3, 0.4) is 0 Å². The van der Waals surface area contributed by atoms with Gasteiger partial charge in [-0.1, -0.05) is 51.9 Å². The average Bonchev–Trinajstić information content (AvgIpc) is 2.44. The summed E-state index contributed by atoms with van der Waals surface area (Å²) in [4.78, 5) is 12.6. The molecule has 0 heterocycles. The van der Waals surface area contributed by atoms with Crippen LogP contribution in [0.5, 0.6) is 0 Å². The Labute approximate surface area is 146 Å². The van der Waals surface area contributed by atoms with Gasteiger partial charge in [-0.2, -0.15) is 5.26 Å². The van der Waals surface area contributed by atoms with Crippen molar-refractivity contribution in [3.63, 3.8) is 0 Å². The van der Waals surface area contributed by atoms with Gasteiger partial charge in [0.05, 0.1) is 11.8 Å². The molecule has 0 aromatic heterocycles. The minimum Gasteiger partial charge on any atom is -0.415 e. The van der Waals surface area contributed by atoms with E-state index in [1.807, 2.05) is 13.1 Å². The molecule has 0 saturated heterocycles. The SMILES string of the molecule is CCCCCCCCCC(O[Si](C)(C)CCCC#N)[Si](C)(C)[O]. The maximum Gasteiger partial charge on any atom is 0.258 e. The first-order valence-corrected chi connectivity index (χ1v) is 15.6. The number of hydrogen-bond acceptors (Lipinski definition) is 2. The Morgan fingerprint density at radius 3 is 2.04 bits per heavy atom. The summed E-state index contributed by atoms with van der Waals surface area (Å²) in [6.45, 7) is 10.4. The quantitative estimate of drug-likeness (QED) is 0.275. The van der Waals surface area contributed by atoms with Gasteiger partial charge in [-0.15, -0.1) is 0 Å². The maximum atomic E-state index is 12.6. The standard InChI is InChI=1S/C18H38NO2Si2/c1-6-7-8-9-10-11-12-15-18(23(4,5)20)21-22(2,3)17-14-13-16-19/h18H,6-15,17H2,1-5H3. The first kappa shape index (κ1) is 22.8. The van der Waals surface area contributed by atoms with Crippen molar-refractivity contribution in [1.82, 2.24) is 0 Å². The predicted octanol–water partition coefficient (Wildman–Crippen LogP) is 6.20. The Kier molecular flexibility index (Phi) is 12.2. The van der Waals surface area contributed by atoms with Crippen LogP contribution in [0, 0.1) is 11.3 Å². The molecule has 0 bridgehead atoms. The van der Waals surface area contributed by atoms with E-state index in [1.165, 1.54) is 38.5 Å². The van der Waals surface area contributed by atoms with Crippen molar-refractivity contribution in [2.24, 2.45) is 0 Å². The van der Waals surface area contributed by atoms with Crippen molar-refractivity contribution in [2.45, 2.75) is 109 Å². The lowest BCUT2D eigenvalue weighted by Crippen LogP contribution is -2.48. The van der Waals surface area contributed by atoms with E-state index in [0.717, 1.165) is 25.3 Å². The van der Waals surface area contributed by atoms with Crippen LogP contribution < -0.4 is 0 Å². The van der Waals surface area contributed by atoms with E-state index in [1.54, 1.807) is 0 Å². The van der Waals surface area contributed by atoms with Gasteiger partial charge in [0, 0.05) is 6.42 Å². The topological polar surface area (TPSA) is 52.9 Å². The first-order valence-electron chi connectivity index (χ1n) is 9.48. The van der Waals surface area contributed by atoms with Crippen molar-refractivity contribution in [2.75, 3.05) is 0 Å². The summed E-state index contributed by atoms with van der Waals surface area (Å²) in [5, 5.41) is 8.68. The molecule has 0 aromatic rings. The van der Waals surface area contributed by atoms with E-state index >= 15 is 0 Å². The number of nitrogens with zero attached hydrogens (tertiary/aromatic N) is 1. The second-order valence-corrected chi connectivity index (χ2v) is 16.0. The van der Waals surface area contributed by atoms with Crippen LogP contribution in [0.2, 0.25) is 32.2 Å². The Morgan fingerprint density at radius 1 is 0.957 bits per heavy atom. The normalized spacial score (nSPS) is 13.8. The van der Waals surface area contributed by atoms with Crippen LogP contribution in [0.4, 0.5) is 0 Å². The molecule has 5 heteroatoms. The van der Waals surface area contributed by atoms with E-state index in [2.05, 4.69) is 26.1 Å². The summed E-state index contributed by atoms with van der Waals surface area (Å²) in [5.41, 5.74) is -0.0538. The van der Waals surface area contributed by atoms with Crippen LogP contribution in [-0.4, -0.2) is 22.4 Å². The van der Waals surface area contributed by atoms with Crippen LogP contribution >= 0.6 is 0 Å². The molecule has 23 heavy (non-hydrogen) atoms. The van der Waals surface area contributed by atoms with Crippen molar-refractivity contribution in [3.8, 4) is 6.07 Å². The van der Waals surface area contributed by atoms with Crippen molar-refractivity contribution < 1.29 is 9.22 Å². The highest BCUT2D eigenvalue weighted by Gasteiger charge is 2.37. The van der Waals surface area contributed by atoms with Gasteiger partial charge in [-0.05, 0) is 45.1 Å². The lowest BCUT2D eigenvalue weighted by Gasteiger charge is -2.33. The fourth-order valence-electron chi connectivity index (χ4n) is 2.87. The van der Waals surface area contributed by atoms with E-state index in [0.29, 0.717) is 6.42 Å². The molecule has 0 amide bonds. The van der Waals surface area contributed by atoms with Crippen molar-refractivity contribution in [3.05, 3.63) is 0 Å². The van der Waals surface area contributed by atoms with Crippen LogP contribution in [0.15, 0.2) is 0 Å². The molecule has 0 aliphatic rings. The van der Waals surface area contributed by atoms with Crippen molar-refractivity contribution in [1.29, 1.82) is 5.26 Å². The molecule has 135 valence electrons. The molecule has 1 atom stereocenters. The molecule has 0 saturated carbocycles. The monoisotopic (exact) mass is 356 g/mol. The molecule has 1 radical (unpaired) electrons. The molecule has 0 spiro atoms. The summed E-state index contributed by atoms with van der Waals surface area (Å²) in [7, 11) is -4.34. The first-order chi connectivity index (χ1) is 10.7. The number of unbranched alkanes of at least 4 members (excludes halogenated alkanes) is 7. The second-order valence-electron chi connectivity index (χ2n) is 7.89. The third kappa shape index (κ3) is 12.9. The molecule has 1 unspecified atom stereocenters. The zero-order valence-corrected chi connectivity index (χ0v) is 18.1. The average molecular weight is 357 g/mol. The molecule has 0 fully saturated rings. The lowest BCUT2D eigenvalue weighted by atomic mass is 10.1. The highest BCUT2D eigenvalue weighted by Crippen LogP contribution is 2.25. The molecule has 3 nitrogen and oxygen atoms in total. The molecule has 0 rings (SSSR count). The smallest absolute Gasteiger partial charge is 0.258 e. The third-order valence-corrected chi connectivity index (χ3v) is 9.05. The van der Waals surface area contributed by atoms with E-state index < -0.39 is 16.6 Å². The van der Waals surface area contributed by atoms with Gasteiger partial charge in [0.25, 0.3) is 8.32 Å². The van der Waals surface area contributed by atoms with Gasteiger partial charge in [0.15, 0.2) is 8.32 Å². The molecule has 0 aliphatic heterocycles. The highest BCUT2D eigenvalue weighted by molar-refractivity contribution is 6.75. The molecule has 0 N–H and O–H groups in total. The van der Waals surface area contributed by atoms with Gasteiger partial charge in [0.1, 0.15) is 0 Å². The summed E-state index contributed by atoms with van der Waals surface area (Å²) < 4.78 is 6.37. The van der Waals surface area contributed by atoms with Crippen molar-refractivity contribution >= 4 is 16.6 Å². The number of hydrogen-bond donors (Lipinski definition) is 0. The molecule has 0 aliphatic carbocycles. The summed E-state index contributed by atoms with van der Waals surface area (Å²) in [6, 6.07) is 3.18. The maximum absolute atomic E-state index is 12.6. The minimum absolute atomic E-state index is 0.0538. The fourth-order valence-corrected chi connectivity index (χ4v) is 7.90. The Balaban J connectivity index is 4.20. The Hall–Kier alpha value is -0.156. The predicted molar refractivity (Wildman–Crippen MR) is 103 cm³/mol. The summed E-state index contributed by atoms with van der Waals surface area (Å²) in [5.74, 6) is 0. The number of nitriles is 1. The second kappa shape index (κ2) is 12.2. The molecular weight excluding hydrogens is 318 g/mol. The minimum atomic E-state index is -2.53. The van der Waals surface area contributed by atoms with Crippen LogP contribution in [-0.2, 0) is 9.22 Å². The molecular formula is C18H38NO2Si2. The lowest BCUT2D eigenvalue weighted by molar-refractivity contribution is 0.208. The fraction of sp³-hybridized carbons (Fsp3) is 0.944. The Morgan fingerprint density at radius 2 is 1.52 bits per heavy atom. The van der Waals surface area contributed by atoms with Gasteiger partial charge < -0.3 is 4.43 Å². The van der Waals surface area contributed by atoms with Gasteiger partial charge >= 0.3 is 0 Å². The van der Waals surface area contributed by atoms with E-state index in [-0.39, 0.29) is 5.73 Å². The summed E-state index contributed by atoms with van der Waals surface area (Å²) >= 11 is 0. The van der Waals surface area contributed by atoms with E-state index in [4.69, 9.17) is 9.69 Å². The van der Waals surface area contributed by atoms with E-state index in [9.17, 15) is 4.80 Å². The van der Waals surface area contributed by atoms with Crippen LogP contribution in [0.1, 0.15) is 71.1 Å². The van der Waals surface area contributed by atoms with Crippen LogP contribution in [0.25, 0.3) is 0 Å². The largest absolute Gasteiger partial charge is 0.415 e. The molecule has 0 aromatic carbocycles. The zero-order valence-electron chi connectivity index (χ0n) is 16.1. The third-order valence-electron chi connectivity index (χ3n) is 4.37. The van der Waals surface area contributed by atoms with Gasteiger partial charge in [0.2, 0.25) is 0 Å². The number of rotatable bonds is 14. The zero-order chi connectivity index (χ0) is 17.8. The highest BCUT2D eigenvalue weighted by atomic mass is 28.4. The Bertz CT molecular complexity index is 335.